The first-order chi connectivity index (χ1) is 10.2. The molecule has 0 aliphatic carbocycles. The number of aliphatic hydroxyl groups is 1. The number of carboxylic acids is 1. The molecule has 1 atom stereocenters. The van der Waals surface area contributed by atoms with Crippen molar-refractivity contribution in [3.63, 3.8) is 0 Å². The molecule has 3 nitrogen and oxygen atoms in total. The van der Waals surface area contributed by atoms with Gasteiger partial charge in [-0.3, -0.25) is 0 Å². The van der Waals surface area contributed by atoms with Gasteiger partial charge in [0.05, 0.1) is 6.10 Å². The van der Waals surface area contributed by atoms with Crippen molar-refractivity contribution in [1.82, 2.24) is 0 Å². The third-order valence-corrected chi connectivity index (χ3v) is 4.06. The third-order valence-electron chi connectivity index (χ3n) is 4.06. The number of hydrogen-bond donors (Lipinski definition) is 1. The van der Waals surface area contributed by atoms with Gasteiger partial charge in [-0.05, 0) is 25.7 Å². The zero-order valence-corrected chi connectivity index (χ0v) is 14.9. The second-order valence-corrected chi connectivity index (χ2v) is 6.24. The van der Waals surface area contributed by atoms with Crippen LogP contribution in [0.5, 0.6) is 0 Å². The molecule has 0 saturated heterocycles. The SMILES string of the molecule is CCCCCC(O)CCCCCCCCCCCC(=O)[O-].[Li+]. The molecule has 22 heavy (non-hydrogen) atoms. The Balaban J connectivity index is 0. The summed E-state index contributed by atoms with van der Waals surface area (Å²) in [6.45, 7) is 2.19. The van der Waals surface area contributed by atoms with Crippen LogP contribution in [-0.2, 0) is 4.79 Å². The fraction of sp³-hybridized carbons (Fsp3) is 0.944. The summed E-state index contributed by atoms with van der Waals surface area (Å²) in [5.41, 5.74) is 0. The Labute approximate surface area is 149 Å². The van der Waals surface area contributed by atoms with Gasteiger partial charge in [0.1, 0.15) is 0 Å². The molecule has 0 saturated carbocycles. The van der Waals surface area contributed by atoms with E-state index in [-0.39, 0.29) is 31.4 Å². The predicted octanol–water partition coefficient (Wildman–Crippen LogP) is 0.973. The fourth-order valence-corrected chi connectivity index (χ4v) is 2.66. The molecule has 1 unspecified atom stereocenters. The van der Waals surface area contributed by atoms with Crippen LogP contribution in [-0.4, -0.2) is 17.2 Å². The van der Waals surface area contributed by atoms with Crippen LogP contribution in [0, 0.1) is 0 Å². The van der Waals surface area contributed by atoms with Crippen molar-refractivity contribution in [1.29, 1.82) is 0 Å². The van der Waals surface area contributed by atoms with E-state index in [1.165, 1.54) is 44.9 Å². The molecule has 1 N–H and O–H groups in total. The van der Waals surface area contributed by atoms with Gasteiger partial charge in [0.2, 0.25) is 0 Å². The molecule has 0 radical (unpaired) electrons. The summed E-state index contributed by atoms with van der Waals surface area (Å²) in [6, 6.07) is 0. The molecule has 0 heterocycles. The molecule has 0 spiro atoms. The van der Waals surface area contributed by atoms with E-state index >= 15 is 0 Å². The van der Waals surface area contributed by atoms with E-state index in [4.69, 9.17) is 0 Å². The van der Waals surface area contributed by atoms with Crippen molar-refractivity contribution in [2.45, 2.75) is 109 Å². The summed E-state index contributed by atoms with van der Waals surface area (Å²) in [5, 5.41) is 20.0. The minimum Gasteiger partial charge on any atom is -0.550 e. The van der Waals surface area contributed by atoms with Gasteiger partial charge in [-0.1, -0.05) is 77.6 Å². The van der Waals surface area contributed by atoms with Crippen LogP contribution >= 0.6 is 0 Å². The topological polar surface area (TPSA) is 60.4 Å². The molecule has 0 aromatic heterocycles. The molecule has 126 valence electrons. The van der Waals surface area contributed by atoms with Crippen LogP contribution < -0.4 is 24.0 Å². The van der Waals surface area contributed by atoms with Gasteiger partial charge in [-0.15, -0.1) is 0 Å². The zero-order chi connectivity index (χ0) is 15.8. The Morgan fingerprint density at radius 2 is 1.23 bits per heavy atom. The molecule has 0 rings (SSSR count). The first-order valence-electron chi connectivity index (χ1n) is 9.04. The van der Waals surface area contributed by atoms with E-state index < -0.39 is 5.97 Å². The van der Waals surface area contributed by atoms with Crippen molar-refractivity contribution in [3.8, 4) is 0 Å². The summed E-state index contributed by atoms with van der Waals surface area (Å²) in [7, 11) is 0. The Morgan fingerprint density at radius 3 is 1.68 bits per heavy atom. The monoisotopic (exact) mass is 306 g/mol. The molecule has 0 aliphatic rings. The van der Waals surface area contributed by atoms with Gasteiger partial charge in [0, 0.05) is 5.97 Å². The number of hydrogen-bond acceptors (Lipinski definition) is 3. The first kappa shape index (κ1) is 24.3. The second-order valence-electron chi connectivity index (χ2n) is 6.24. The van der Waals surface area contributed by atoms with Crippen LogP contribution in [0.15, 0.2) is 0 Å². The van der Waals surface area contributed by atoms with Crippen molar-refractivity contribution >= 4 is 5.97 Å². The molecule has 0 fully saturated rings. The zero-order valence-electron chi connectivity index (χ0n) is 14.9. The van der Waals surface area contributed by atoms with Gasteiger partial charge in [0.15, 0.2) is 0 Å². The molecule has 0 amide bonds. The third kappa shape index (κ3) is 20.0. The maximum absolute atomic E-state index is 10.2. The molecular weight excluding hydrogens is 271 g/mol. The summed E-state index contributed by atoms with van der Waals surface area (Å²) >= 11 is 0. The molecule has 0 aliphatic heterocycles. The Bertz CT molecular complexity index is 234. The van der Waals surface area contributed by atoms with Crippen LogP contribution in [0.2, 0.25) is 0 Å². The summed E-state index contributed by atoms with van der Waals surface area (Å²) < 4.78 is 0. The van der Waals surface area contributed by atoms with E-state index in [0.29, 0.717) is 0 Å². The van der Waals surface area contributed by atoms with Gasteiger partial charge in [-0.25, -0.2) is 0 Å². The molecule has 0 aromatic rings. The molecule has 0 aromatic carbocycles. The van der Waals surface area contributed by atoms with Gasteiger partial charge < -0.3 is 15.0 Å². The second kappa shape index (κ2) is 19.1. The first-order valence-corrected chi connectivity index (χ1v) is 9.04. The number of carbonyl (C=O) groups is 1. The van der Waals surface area contributed by atoms with Crippen LogP contribution in [0.25, 0.3) is 0 Å². The number of unbranched alkanes of at least 4 members (excludes halogenated alkanes) is 10. The normalized spacial score (nSPS) is 11.9. The number of rotatable bonds is 16. The molecule has 0 bridgehead atoms. The standard InChI is InChI=1S/C18H36O3.Li/c1-2-3-11-14-17(19)15-12-9-7-5-4-6-8-10-13-16-18(20)21;/h17,19H,2-16H2,1H3,(H,20,21);/q;+1/p-1. The summed E-state index contributed by atoms with van der Waals surface area (Å²) in [5.74, 6) is -0.924. The van der Waals surface area contributed by atoms with E-state index in [1.807, 2.05) is 0 Å². The largest absolute Gasteiger partial charge is 1.00 e. The number of aliphatic hydroxyl groups excluding tert-OH is 1. The van der Waals surface area contributed by atoms with Crippen LogP contribution in [0.1, 0.15) is 103 Å². The number of aliphatic carboxylic acids is 1. The molecular formula is C18H35LiO3. The van der Waals surface area contributed by atoms with Crippen LogP contribution in [0.4, 0.5) is 0 Å². The van der Waals surface area contributed by atoms with Crippen LogP contribution in [0.3, 0.4) is 0 Å². The maximum Gasteiger partial charge on any atom is 1.00 e. The smallest absolute Gasteiger partial charge is 0.550 e. The quantitative estimate of drug-likeness (QED) is 0.341. The van der Waals surface area contributed by atoms with E-state index in [1.54, 1.807) is 0 Å². The van der Waals surface area contributed by atoms with Gasteiger partial charge in [-0.2, -0.15) is 0 Å². The van der Waals surface area contributed by atoms with Crippen molar-refractivity contribution in [3.05, 3.63) is 0 Å². The van der Waals surface area contributed by atoms with E-state index in [0.717, 1.165) is 44.9 Å². The van der Waals surface area contributed by atoms with Gasteiger partial charge in [0.25, 0.3) is 0 Å². The summed E-state index contributed by atoms with van der Waals surface area (Å²) in [4.78, 5) is 10.2. The van der Waals surface area contributed by atoms with Gasteiger partial charge >= 0.3 is 18.9 Å². The molecule has 4 heteroatoms. The Morgan fingerprint density at radius 1 is 0.818 bits per heavy atom. The number of carbonyl (C=O) groups excluding carboxylic acids is 1. The average molecular weight is 306 g/mol. The van der Waals surface area contributed by atoms with Crippen molar-refractivity contribution < 1.29 is 33.9 Å². The minimum absolute atomic E-state index is 0. The maximum atomic E-state index is 10.2. The van der Waals surface area contributed by atoms with Crippen molar-refractivity contribution in [2.75, 3.05) is 0 Å². The van der Waals surface area contributed by atoms with Crippen molar-refractivity contribution in [2.24, 2.45) is 0 Å². The Kier molecular flexibility index (Phi) is 21.1. The number of carboxylic acid groups (broad SMARTS) is 1. The Hall–Kier alpha value is 0.0274. The summed E-state index contributed by atoms with van der Waals surface area (Å²) in [6.07, 6.45) is 16.0. The van der Waals surface area contributed by atoms with E-state index in [9.17, 15) is 15.0 Å². The average Bonchev–Trinajstić information content (AvgIpc) is 2.44. The van der Waals surface area contributed by atoms with E-state index in [2.05, 4.69) is 6.92 Å². The fourth-order valence-electron chi connectivity index (χ4n) is 2.66. The minimum atomic E-state index is -0.924. The predicted molar refractivity (Wildman–Crippen MR) is 85.9 cm³/mol.